The van der Waals surface area contributed by atoms with E-state index in [1.807, 2.05) is 12.3 Å². The zero-order valence-corrected chi connectivity index (χ0v) is 10.5. The van der Waals surface area contributed by atoms with Gasteiger partial charge in [-0.1, -0.05) is 24.6 Å². The Balaban J connectivity index is 1.85. The van der Waals surface area contributed by atoms with E-state index < -0.39 is 0 Å². The number of nitrogens with zero attached hydrogens (tertiary/aromatic N) is 1. The van der Waals surface area contributed by atoms with Crippen LogP contribution in [-0.4, -0.2) is 24.1 Å². The molecule has 1 aliphatic heterocycles. The molecule has 94 valence electrons. The smallest absolute Gasteiger partial charge is 0.0722 e. The van der Waals surface area contributed by atoms with E-state index in [1.165, 1.54) is 30.3 Å². The average Bonchev–Trinajstić information content (AvgIpc) is 2.68. The highest BCUT2D eigenvalue weighted by molar-refractivity contribution is 5.90. The van der Waals surface area contributed by atoms with Gasteiger partial charge in [-0.2, -0.15) is 0 Å². The Kier molecular flexibility index (Phi) is 3.42. The molecule has 2 heterocycles. The molecule has 0 aliphatic carbocycles. The quantitative estimate of drug-likeness (QED) is 0.849. The Hall–Kier alpha value is -1.61. The van der Waals surface area contributed by atoms with Crippen molar-refractivity contribution < 1.29 is 0 Å². The third-order valence-corrected chi connectivity index (χ3v) is 3.56. The van der Waals surface area contributed by atoms with Crippen LogP contribution in [-0.2, 0) is 0 Å². The summed E-state index contributed by atoms with van der Waals surface area (Å²) in [6.45, 7) is 2.20. The fourth-order valence-electron chi connectivity index (χ4n) is 2.58. The van der Waals surface area contributed by atoms with Crippen molar-refractivity contribution in [3.8, 4) is 0 Å². The summed E-state index contributed by atoms with van der Waals surface area (Å²) in [7, 11) is 0. The van der Waals surface area contributed by atoms with Gasteiger partial charge in [0.2, 0.25) is 0 Å². The van der Waals surface area contributed by atoms with Crippen LogP contribution in [0.4, 0.5) is 5.69 Å². The van der Waals surface area contributed by atoms with Gasteiger partial charge in [0.05, 0.1) is 5.52 Å². The molecule has 3 heteroatoms. The van der Waals surface area contributed by atoms with E-state index in [0.717, 1.165) is 18.6 Å². The van der Waals surface area contributed by atoms with Crippen molar-refractivity contribution in [1.29, 1.82) is 0 Å². The number of pyridine rings is 1. The predicted octanol–water partition coefficient (Wildman–Crippen LogP) is 2.79. The Bertz CT molecular complexity index is 511. The topological polar surface area (TPSA) is 37.0 Å². The van der Waals surface area contributed by atoms with Crippen molar-refractivity contribution in [2.24, 2.45) is 0 Å². The molecule has 1 aliphatic rings. The SMILES string of the molecule is c1ccc2c(NC3CCCCNC3)ccnc2c1. The summed E-state index contributed by atoms with van der Waals surface area (Å²) in [6, 6.07) is 10.9. The number of benzene rings is 1. The van der Waals surface area contributed by atoms with E-state index >= 15 is 0 Å². The Morgan fingerprint density at radius 1 is 1.17 bits per heavy atom. The average molecular weight is 241 g/mol. The van der Waals surface area contributed by atoms with E-state index in [0.29, 0.717) is 6.04 Å². The molecule has 1 unspecified atom stereocenters. The summed E-state index contributed by atoms with van der Waals surface area (Å²) >= 11 is 0. The Morgan fingerprint density at radius 2 is 2.11 bits per heavy atom. The fourth-order valence-corrected chi connectivity index (χ4v) is 2.58. The minimum Gasteiger partial charge on any atom is -0.380 e. The van der Waals surface area contributed by atoms with Crippen molar-refractivity contribution in [3.05, 3.63) is 36.5 Å². The number of aromatic nitrogens is 1. The third-order valence-electron chi connectivity index (χ3n) is 3.56. The van der Waals surface area contributed by atoms with Gasteiger partial charge < -0.3 is 10.6 Å². The minimum atomic E-state index is 0.526. The second-order valence-electron chi connectivity index (χ2n) is 4.92. The van der Waals surface area contributed by atoms with Crippen molar-refractivity contribution in [2.45, 2.75) is 25.3 Å². The zero-order chi connectivity index (χ0) is 12.2. The van der Waals surface area contributed by atoms with E-state index in [2.05, 4.69) is 39.9 Å². The first-order valence-electron chi connectivity index (χ1n) is 6.74. The first-order valence-corrected chi connectivity index (χ1v) is 6.74. The number of hydrogen-bond acceptors (Lipinski definition) is 3. The minimum absolute atomic E-state index is 0.526. The Labute approximate surface area is 108 Å². The van der Waals surface area contributed by atoms with Crippen molar-refractivity contribution in [1.82, 2.24) is 10.3 Å². The van der Waals surface area contributed by atoms with Crippen LogP contribution < -0.4 is 10.6 Å². The van der Waals surface area contributed by atoms with E-state index in [-0.39, 0.29) is 0 Å². The number of para-hydroxylation sites is 1. The number of anilines is 1. The summed E-state index contributed by atoms with van der Waals surface area (Å²) < 4.78 is 0. The third kappa shape index (κ3) is 2.46. The van der Waals surface area contributed by atoms with Crippen LogP contribution in [0.5, 0.6) is 0 Å². The highest BCUT2D eigenvalue weighted by Gasteiger charge is 2.12. The maximum atomic E-state index is 4.40. The predicted molar refractivity (Wildman–Crippen MR) is 75.9 cm³/mol. The molecule has 2 N–H and O–H groups in total. The fraction of sp³-hybridized carbons (Fsp3) is 0.400. The number of fused-ring (bicyclic) bond motifs is 1. The first kappa shape index (κ1) is 11.5. The van der Waals surface area contributed by atoms with Crippen LogP contribution in [0, 0.1) is 0 Å². The van der Waals surface area contributed by atoms with Gasteiger partial charge in [0.15, 0.2) is 0 Å². The lowest BCUT2D eigenvalue weighted by molar-refractivity contribution is 0.636. The van der Waals surface area contributed by atoms with Crippen LogP contribution in [0.2, 0.25) is 0 Å². The summed E-state index contributed by atoms with van der Waals surface area (Å²) in [5.41, 5.74) is 2.26. The molecule has 0 radical (unpaired) electrons. The highest BCUT2D eigenvalue weighted by Crippen LogP contribution is 2.22. The van der Waals surface area contributed by atoms with Gasteiger partial charge >= 0.3 is 0 Å². The molecular weight excluding hydrogens is 222 g/mol. The second kappa shape index (κ2) is 5.36. The normalized spacial score (nSPS) is 20.6. The molecule has 3 rings (SSSR count). The lowest BCUT2D eigenvalue weighted by Crippen LogP contribution is -2.30. The molecule has 18 heavy (non-hydrogen) atoms. The number of rotatable bonds is 2. The maximum absolute atomic E-state index is 4.40. The molecule has 1 atom stereocenters. The van der Waals surface area contributed by atoms with Crippen molar-refractivity contribution in [3.63, 3.8) is 0 Å². The Morgan fingerprint density at radius 3 is 3.11 bits per heavy atom. The van der Waals surface area contributed by atoms with Gasteiger partial charge in [-0.05, 0) is 31.5 Å². The second-order valence-corrected chi connectivity index (χ2v) is 4.92. The highest BCUT2D eigenvalue weighted by atomic mass is 15.0. The molecule has 1 aromatic heterocycles. The number of hydrogen-bond donors (Lipinski definition) is 2. The molecule has 0 amide bonds. The van der Waals surface area contributed by atoms with Gasteiger partial charge in [0, 0.05) is 29.9 Å². The van der Waals surface area contributed by atoms with Gasteiger partial charge in [0.1, 0.15) is 0 Å². The summed E-state index contributed by atoms with van der Waals surface area (Å²) in [4.78, 5) is 4.40. The van der Waals surface area contributed by atoms with E-state index in [1.54, 1.807) is 0 Å². The first-order chi connectivity index (χ1) is 8.93. The van der Waals surface area contributed by atoms with Gasteiger partial charge in [-0.3, -0.25) is 4.98 Å². The molecule has 1 fully saturated rings. The van der Waals surface area contributed by atoms with Gasteiger partial charge in [0.25, 0.3) is 0 Å². The van der Waals surface area contributed by atoms with E-state index in [4.69, 9.17) is 0 Å². The van der Waals surface area contributed by atoms with Gasteiger partial charge in [-0.15, -0.1) is 0 Å². The molecule has 3 nitrogen and oxygen atoms in total. The maximum Gasteiger partial charge on any atom is 0.0722 e. The van der Waals surface area contributed by atoms with E-state index in [9.17, 15) is 0 Å². The summed E-state index contributed by atoms with van der Waals surface area (Å²) in [5, 5.41) is 8.36. The van der Waals surface area contributed by atoms with Crippen LogP contribution in [0.3, 0.4) is 0 Å². The van der Waals surface area contributed by atoms with Crippen LogP contribution in [0.25, 0.3) is 10.9 Å². The molecule has 1 saturated heterocycles. The van der Waals surface area contributed by atoms with Crippen molar-refractivity contribution >= 4 is 16.6 Å². The molecular formula is C15H19N3. The molecule has 0 bridgehead atoms. The monoisotopic (exact) mass is 241 g/mol. The largest absolute Gasteiger partial charge is 0.380 e. The standard InChI is InChI=1S/C15H19N3/c1-2-7-14-13(6-1)15(8-10-17-14)18-12-5-3-4-9-16-11-12/h1-2,6-8,10,12,16H,3-5,9,11H2,(H,17,18). The number of nitrogens with one attached hydrogen (secondary N) is 2. The zero-order valence-electron chi connectivity index (χ0n) is 10.5. The molecule has 0 saturated carbocycles. The summed E-state index contributed by atoms with van der Waals surface area (Å²) in [5.74, 6) is 0. The summed E-state index contributed by atoms with van der Waals surface area (Å²) in [6.07, 6.45) is 5.71. The van der Waals surface area contributed by atoms with Crippen LogP contribution in [0.15, 0.2) is 36.5 Å². The van der Waals surface area contributed by atoms with Gasteiger partial charge in [-0.25, -0.2) is 0 Å². The molecule has 0 spiro atoms. The lowest BCUT2D eigenvalue weighted by atomic mass is 10.1. The van der Waals surface area contributed by atoms with Crippen molar-refractivity contribution in [2.75, 3.05) is 18.4 Å². The molecule has 2 aromatic rings. The lowest BCUT2D eigenvalue weighted by Gasteiger charge is -2.18. The van der Waals surface area contributed by atoms with Crippen LogP contribution in [0.1, 0.15) is 19.3 Å². The molecule has 1 aromatic carbocycles. The van der Waals surface area contributed by atoms with Crippen LogP contribution >= 0.6 is 0 Å².